The quantitative estimate of drug-likeness (QED) is 0.518. The molecule has 10 nitrogen and oxygen atoms in total. The van der Waals surface area contributed by atoms with Gasteiger partial charge in [0.2, 0.25) is 5.95 Å². The number of hydrogen-bond acceptors (Lipinski definition) is 9. The number of carbonyl (C=O) groups is 1. The number of rotatable bonds is 8. The molecule has 6 N–H and O–H groups in total. The predicted molar refractivity (Wildman–Crippen MR) is 99.6 cm³/mol. The standard InChI is InChI=1S/C17H22N6O4/c1-25-9-10(18)7-20-17-21-8-12(15(19)24)16(23-17)22-11-2-3-13-14(6-11)27-5-4-26-13/h2-3,6,8,10H,4-5,7,9,18H2,1H3,(H2,19,24)(H2,20,21,22,23). The van der Waals surface area contributed by atoms with E-state index in [9.17, 15) is 4.79 Å². The Bertz CT molecular complexity index is 816. The minimum Gasteiger partial charge on any atom is -0.486 e. The maximum Gasteiger partial charge on any atom is 0.254 e. The maximum absolute atomic E-state index is 11.7. The zero-order valence-corrected chi connectivity index (χ0v) is 14.9. The number of primary amides is 1. The van der Waals surface area contributed by atoms with E-state index in [1.165, 1.54) is 6.20 Å². The molecular weight excluding hydrogens is 352 g/mol. The molecule has 2 aromatic rings. The molecule has 144 valence electrons. The van der Waals surface area contributed by atoms with E-state index in [2.05, 4.69) is 20.6 Å². The Morgan fingerprint density at radius 2 is 2.11 bits per heavy atom. The van der Waals surface area contributed by atoms with Crippen LogP contribution >= 0.6 is 0 Å². The molecule has 0 radical (unpaired) electrons. The topological polar surface area (TPSA) is 147 Å². The molecule has 0 aliphatic carbocycles. The van der Waals surface area contributed by atoms with Crippen molar-refractivity contribution in [3.05, 3.63) is 30.0 Å². The van der Waals surface area contributed by atoms with Gasteiger partial charge in [0, 0.05) is 37.6 Å². The summed E-state index contributed by atoms with van der Waals surface area (Å²) in [5, 5.41) is 6.08. The summed E-state index contributed by atoms with van der Waals surface area (Å²) in [6.07, 6.45) is 1.36. The molecule has 1 aliphatic heterocycles. The highest BCUT2D eigenvalue weighted by Crippen LogP contribution is 2.33. The summed E-state index contributed by atoms with van der Waals surface area (Å²) in [6.45, 7) is 1.80. The Balaban J connectivity index is 1.79. The van der Waals surface area contributed by atoms with Crippen molar-refractivity contribution in [3.8, 4) is 11.5 Å². The van der Waals surface area contributed by atoms with E-state index in [-0.39, 0.29) is 17.4 Å². The van der Waals surface area contributed by atoms with Gasteiger partial charge in [0.15, 0.2) is 11.5 Å². The van der Waals surface area contributed by atoms with Gasteiger partial charge in [-0.05, 0) is 12.1 Å². The van der Waals surface area contributed by atoms with Gasteiger partial charge in [0.05, 0.1) is 6.61 Å². The summed E-state index contributed by atoms with van der Waals surface area (Å²) < 4.78 is 16.1. The Morgan fingerprint density at radius 3 is 2.85 bits per heavy atom. The lowest BCUT2D eigenvalue weighted by atomic mass is 10.2. The molecule has 0 spiro atoms. The molecule has 0 bridgehead atoms. The van der Waals surface area contributed by atoms with Crippen molar-refractivity contribution in [2.24, 2.45) is 11.5 Å². The van der Waals surface area contributed by atoms with Crippen molar-refractivity contribution < 1.29 is 19.0 Å². The molecule has 10 heteroatoms. The number of ether oxygens (including phenoxy) is 3. The van der Waals surface area contributed by atoms with Crippen molar-refractivity contribution in [1.29, 1.82) is 0 Å². The zero-order chi connectivity index (χ0) is 19.2. The molecule has 0 saturated heterocycles. The van der Waals surface area contributed by atoms with Gasteiger partial charge >= 0.3 is 0 Å². The second-order valence-corrected chi connectivity index (χ2v) is 5.90. The Labute approximate surface area is 156 Å². The number of hydrogen-bond donors (Lipinski definition) is 4. The third-order valence-corrected chi connectivity index (χ3v) is 3.76. The molecule has 0 fully saturated rings. The Morgan fingerprint density at radius 1 is 1.33 bits per heavy atom. The van der Waals surface area contributed by atoms with Crippen molar-refractivity contribution in [2.45, 2.75) is 6.04 Å². The van der Waals surface area contributed by atoms with Crippen LogP contribution in [0.1, 0.15) is 10.4 Å². The van der Waals surface area contributed by atoms with Crippen molar-refractivity contribution in [3.63, 3.8) is 0 Å². The van der Waals surface area contributed by atoms with Crippen LogP contribution in [-0.4, -0.2) is 55.4 Å². The van der Waals surface area contributed by atoms with Crippen LogP contribution < -0.4 is 31.6 Å². The average Bonchev–Trinajstić information content (AvgIpc) is 2.66. The van der Waals surface area contributed by atoms with Crippen LogP contribution in [-0.2, 0) is 4.74 Å². The molecular formula is C17H22N6O4. The smallest absolute Gasteiger partial charge is 0.254 e. The molecule has 2 heterocycles. The molecule has 0 saturated carbocycles. The largest absolute Gasteiger partial charge is 0.486 e. The summed E-state index contributed by atoms with van der Waals surface area (Å²) in [5.41, 5.74) is 12.1. The predicted octanol–water partition coefficient (Wildman–Crippen LogP) is 0.476. The number of methoxy groups -OCH3 is 1. The van der Waals surface area contributed by atoms with Crippen LogP contribution in [0.15, 0.2) is 24.4 Å². The maximum atomic E-state index is 11.7. The van der Waals surface area contributed by atoms with E-state index >= 15 is 0 Å². The first kappa shape index (κ1) is 18.7. The highest BCUT2D eigenvalue weighted by atomic mass is 16.6. The lowest BCUT2D eigenvalue weighted by Gasteiger charge is -2.19. The second kappa shape index (κ2) is 8.52. The first-order valence-corrected chi connectivity index (χ1v) is 8.38. The highest BCUT2D eigenvalue weighted by Gasteiger charge is 2.16. The summed E-state index contributed by atoms with van der Waals surface area (Å²) in [7, 11) is 1.58. The number of amides is 1. The minimum absolute atomic E-state index is 0.164. The van der Waals surface area contributed by atoms with Crippen LogP contribution in [0.2, 0.25) is 0 Å². The summed E-state index contributed by atoms with van der Waals surface area (Å²) >= 11 is 0. The van der Waals surface area contributed by atoms with Crippen LogP contribution in [0.4, 0.5) is 17.5 Å². The van der Waals surface area contributed by atoms with Crippen LogP contribution in [0.3, 0.4) is 0 Å². The van der Waals surface area contributed by atoms with Gasteiger partial charge in [-0.3, -0.25) is 4.79 Å². The van der Waals surface area contributed by atoms with Crippen LogP contribution in [0, 0.1) is 0 Å². The van der Waals surface area contributed by atoms with Gasteiger partial charge < -0.3 is 36.3 Å². The molecule has 1 aliphatic rings. The summed E-state index contributed by atoms with van der Waals surface area (Å²) in [6, 6.07) is 5.12. The first-order valence-electron chi connectivity index (χ1n) is 8.38. The molecule has 27 heavy (non-hydrogen) atoms. The fraction of sp³-hybridized carbons (Fsp3) is 0.353. The Hall–Kier alpha value is -3.11. The highest BCUT2D eigenvalue weighted by molar-refractivity contribution is 5.98. The number of carbonyl (C=O) groups excluding carboxylic acids is 1. The van der Waals surface area contributed by atoms with E-state index < -0.39 is 5.91 Å². The number of nitrogens with one attached hydrogen (secondary N) is 2. The van der Waals surface area contributed by atoms with E-state index in [1.54, 1.807) is 25.3 Å². The normalized spacial score (nSPS) is 13.7. The third-order valence-electron chi connectivity index (χ3n) is 3.76. The third kappa shape index (κ3) is 4.74. The summed E-state index contributed by atoms with van der Waals surface area (Å²) in [5.74, 6) is 1.23. The number of aromatic nitrogens is 2. The van der Waals surface area contributed by atoms with Gasteiger partial charge in [-0.15, -0.1) is 0 Å². The number of nitrogens with zero attached hydrogens (tertiary/aromatic N) is 2. The monoisotopic (exact) mass is 374 g/mol. The number of nitrogens with two attached hydrogens (primary N) is 2. The van der Waals surface area contributed by atoms with Crippen molar-refractivity contribution in [1.82, 2.24) is 9.97 Å². The SMILES string of the molecule is COCC(N)CNc1ncc(C(N)=O)c(Nc2ccc3c(c2)OCCO3)n1. The average molecular weight is 374 g/mol. The second-order valence-electron chi connectivity index (χ2n) is 5.90. The molecule has 1 aromatic heterocycles. The van der Waals surface area contributed by atoms with Gasteiger partial charge in [0.1, 0.15) is 24.6 Å². The van der Waals surface area contributed by atoms with E-state index in [1.807, 2.05) is 0 Å². The molecule has 1 unspecified atom stereocenters. The van der Waals surface area contributed by atoms with Crippen molar-refractivity contribution in [2.75, 3.05) is 44.1 Å². The van der Waals surface area contributed by atoms with E-state index in [0.29, 0.717) is 49.5 Å². The van der Waals surface area contributed by atoms with Crippen molar-refractivity contribution >= 4 is 23.4 Å². The van der Waals surface area contributed by atoms with E-state index in [4.69, 9.17) is 25.7 Å². The number of benzene rings is 1. The fourth-order valence-corrected chi connectivity index (χ4v) is 2.50. The van der Waals surface area contributed by atoms with Crippen LogP contribution in [0.5, 0.6) is 11.5 Å². The number of anilines is 3. The molecule has 3 rings (SSSR count). The minimum atomic E-state index is -0.641. The van der Waals surface area contributed by atoms with Gasteiger partial charge in [-0.2, -0.15) is 4.98 Å². The molecule has 1 amide bonds. The van der Waals surface area contributed by atoms with Gasteiger partial charge in [-0.1, -0.05) is 0 Å². The first-order chi connectivity index (χ1) is 13.1. The zero-order valence-electron chi connectivity index (χ0n) is 14.9. The van der Waals surface area contributed by atoms with Gasteiger partial charge in [0.25, 0.3) is 5.91 Å². The Kier molecular flexibility index (Phi) is 5.89. The fourth-order valence-electron chi connectivity index (χ4n) is 2.50. The van der Waals surface area contributed by atoms with E-state index in [0.717, 1.165) is 0 Å². The number of fused-ring (bicyclic) bond motifs is 1. The molecule has 1 aromatic carbocycles. The lowest BCUT2D eigenvalue weighted by Crippen LogP contribution is -2.33. The molecule has 1 atom stereocenters. The van der Waals surface area contributed by atoms with Gasteiger partial charge in [-0.25, -0.2) is 4.98 Å². The van der Waals surface area contributed by atoms with Crippen LogP contribution in [0.25, 0.3) is 0 Å². The summed E-state index contributed by atoms with van der Waals surface area (Å²) in [4.78, 5) is 20.1. The lowest BCUT2D eigenvalue weighted by molar-refractivity contribution is 0.100.